The van der Waals surface area contributed by atoms with Crippen LogP contribution in [-0.2, 0) is 4.79 Å². The summed E-state index contributed by atoms with van der Waals surface area (Å²) in [5.74, 6) is 0.873. The molecule has 3 rings (SSSR count). The van der Waals surface area contributed by atoms with Gasteiger partial charge in [-0.05, 0) is 41.8 Å². The van der Waals surface area contributed by atoms with E-state index in [-0.39, 0.29) is 17.9 Å². The maximum atomic E-state index is 12.4. The lowest BCUT2D eigenvalue weighted by atomic mass is 9.96. The second-order valence-corrected chi connectivity index (χ2v) is 6.62. The van der Waals surface area contributed by atoms with Crippen molar-refractivity contribution in [3.05, 3.63) is 72.1 Å². The second kappa shape index (κ2) is 8.45. The van der Waals surface area contributed by atoms with Crippen LogP contribution in [0.2, 0.25) is 0 Å². The van der Waals surface area contributed by atoms with E-state index < -0.39 is 0 Å². The summed E-state index contributed by atoms with van der Waals surface area (Å²) >= 11 is 0. The molecule has 2 aromatic carbocycles. The average Bonchev–Trinajstić information content (AvgIpc) is 2.70. The van der Waals surface area contributed by atoms with E-state index in [0.29, 0.717) is 5.69 Å². The third-order valence-corrected chi connectivity index (χ3v) is 4.31. The summed E-state index contributed by atoms with van der Waals surface area (Å²) in [5, 5.41) is 3.06. The number of para-hydroxylation sites is 2. The topological polar surface area (TPSA) is 64.1 Å². The van der Waals surface area contributed by atoms with E-state index >= 15 is 0 Å². The summed E-state index contributed by atoms with van der Waals surface area (Å²) in [6.45, 7) is 4.15. The summed E-state index contributed by atoms with van der Waals surface area (Å²) in [7, 11) is 1.64. The van der Waals surface area contributed by atoms with E-state index in [1.807, 2.05) is 48.5 Å². The standard InChI is InChI=1S/C22H23N3O2/c1-15(2)22(16-8-11-18(27-3)12-9-16)25-21(26)13-10-17-14-23-19-6-4-5-7-20(19)24-17/h4-15,22H,1-3H3,(H,25,26)/b13-10+. The first-order valence-electron chi connectivity index (χ1n) is 8.91. The van der Waals surface area contributed by atoms with E-state index in [2.05, 4.69) is 29.1 Å². The van der Waals surface area contributed by atoms with Crippen LogP contribution in [-0.4, -0.2) is 23.0 Å². The van der Waals surface area contributed by atoms with Crippen molar-refractivity contribution in [2.45, 2.75) is 19.9 Å². The smallest absolute Gasteiger partial charge is 0.244 e. The number of nitrogens with zero attached hydrogens (tertiary/aromatic N) is 2. The minimum absolute atomic E-state index is 0.0873. The molecule has 1 aromatic heterocycles. The highest BCUT2D eigenvalue weighted by atomic mass is 16.5. The van der Waals surface area contributed by atoms with Crippen molar-refractivity contribution in [1.82, 2.24) is 15.3 Å². The van der Waals surface area contributed by atoms with Crippen molar-refractivity contribution in [2.75, 3.05) is 7.11 Å². The van der Waals surface area contributed by atoms with Crippen LogP contribution >= 0.6 is 0 Å². The Morgan fingerprint density at radius 3 is 2.44 bits per heavy atom. The lowest BCUT2D eigenvalue weighted by molar-refractivity contribution is -0.117. The van der Waals surface area contributed by atoms with Gasteiger partial charge in [-0.1, -0.05) is 38.1 Å². The number of ether oxygens (including phenoxy) is 1. The Balaban J connectivity index is 1.71. The van der Waals surface area contributed by atoms with Gasteiger partial charge >= 0.3 is 0 Å². The van der Waals surface area contributed by atoms with Crippen molar-refractivity contribution in [1.29, 1.82) is 0 Å². The molecule has 0 saturated carbocycles. The van der Waals surface area contributed by atoms with E-state index in [0.717, 1.165) is 22.3 Å². The predicted molar refractivity (Wildman–Crippen MR) is 107 cm³/mol. The minimum atomic E-state index is -0.167. The molecule has 0 aliphatic carbocycles. The Morgan fingerprint density at radius 1 is 1.07 bits per heavy atom. The summed E-state index contributed by atoms with van der Waals surface area (Å²) in [5.41, 5.74) is 3.32. The first-order valence-corrected chi connectivity index (χ1v) is 8.91. The number of methoxy groups -OCH3 is 1. The largest absolute Gasteiger partial charge is 0.497 e. The maximum absolute atomic E-state index is 12.4. The molecule has 0 radical (unpaired) electrons. The number of carbonyl (C=O) groups is 1. The third kappa shape index (κ3) is 4.70. The molecular weight excluding hydrogens is 338 g/mol. The van der Waals surface area contributed by atoms with Crippen LogP contribution in [0, 0.1) is 5.92 Å². The maximum Gasteiger partial charge on any atom is 0.244 e. The molecule has 27 heavy (non-hydrogen) atoms. The highest BCUT2D eigenvalue weighted by Crippen LogP contribution is 2.24. The number of fused-ring (bicyclic) bond motifs is 1. The fraction of sp³-hybridized carbons (Fsp3) is 0.227. The quantitative estimate of drug-likeness (QED) is 0.670. The van der Waals surface area contributed by atoms with Crippen molar-refractivity contribution in [3.8, 4) is 5.75 Å². The lowest BCUT2D eigenvalue weighted by Gasteiger charge is -2.22. The van der Waals surface area contributed by atoms with Gasteiger partial charge in [0.1, 0.15) is 5.75 Å². The van der Waals surface area contributed by atoms with Crippen LogP contribution in [0.1, 0.15) is 31.1 Å². The number of rotatable bonds is 6. The Kier molecular flexibility index (Phi) is 5.81. The first kappa shape index (κ1) is 18.6. The molecule has 1 amide bonds. The van der Waals surface area contributed by atoms with E-state index in [4.69, 9.17) is 4.74 Å². The van der Waals surface area contributed by atoms with Crippen LogP contribution in [0.15, 0.2) is 60.8 Å². The van der Waals surface area contributed by atoms with Gasteiger partial charge in [-0.15, -0.1) is 0 Å². The molecule has 1 atom stereocenters. The summed E-state index contributed by atoms with van der Waals surface area (Å²) in [4.78, 5) is 21.3. The zero-order valence-electron chi connectivity index (χ0n) is 15.7. The molecule has 1 heterocycles. The number of amides is 1. The number of nitrogens with one attached hydrogen (secondary N) is 1. The van der Waals surface area contributed by atoms with Gasteiger partial charge in [0.05, 0.1) is 36.1 Å². The van der Waals surface area contributed by atoms with Crippen molar-refractivity contribution < 1.29 is 9.53 Å². The number of carbonyl (C=O) groups excluding carboxylic acids is 1. The Morgan fingerprint density at radius 2 is 1.78 bits per heavy atom. The van der Waals surface area contributed by atoms with Gasteiger partial charge in [0.2, 0.25) is 5.91 Å². The summed E-state index contributed by atoms with van der Waals surface area (Å²) in [6, 6.07) is 15.3. The molecule has 138 valence electrons. The SMILES string of the molecule is COc1ccc(C(NC(=O)/C=C/c2cnc3ccccc3n2)C(C)C)cc1. The van der Waals surface area contributed by atoms with Crippen molar-refractivity contribution >= 4 is 23.0 Å². The highest BCUT2D eigenvalue weighted by Gasteiger charge is 2.17. The van der Waals surface area contributed by atoms with Crippen LogP contribution in [0.3, 0.4) is 0 Å². The van der Waals surface area contributed by atoms with Crippen LogP contribution in [0.4, 0.5) is 0 Å². The second-order valence-electron chi connectivity index (χ2n) is 6.62. The van der Waals surface area contributed by atoms with Gasteiger partial charge < -0.3 is 10.1 Å². The molecule has 0 saturated heterocycles. The molecular formula is C22H23N3O2. The predicted octanol–water partition coefficient (Wildman–Crippen LogP) is 4.17. The molecule has 5 nitrogen and oxygen atoms in total. The van der Waals surface area contributed by atoms with Crippen LogP contribution < -0.4 is 10.1 Å². The van der Waals surface area contributed by atoms with Gasteiger partial charge in [0.25, 0.3) is 0 Å². The number of benzene rings is 2. The first-order chi connectivity index (χ1) is 13.1. The van der Waals surface area contributed by atoms with E-state index in [9.17, 15) is 4.79 Å². The van der Waals surface area contributed by atoms with E-state index in [1.165, 1.54) is 6.08 Å². The molecule has 3 aromatic rings. The van der Waals surface area contributed by atoms with Crippen molar-refractivity contribution in [2.24, 2.45) is 5.92 Å². The summed E-state index contributed by atoms with van der Waals surface area (Å²) in [6.07, 6.45) is 4.84. The Hall–Kier alpha value is -3.21. The zero-order valence-corrected chi connectivity index (χ0v) is 15.7. The molecule has 0 bridgehead atoms. The van der Waals surface area contributed by atoms with Crippen LogP contribution in [0.25, 0.3) is 17.1 Å². The summed E-state index contributed by atoms with van der Waals surface area (Å²) < 4.78 is 5.20. The molecule has 0 aliphatic rings. The number of aromatic nitrogens is 2. The average molecular weight is 361 g/mol. The zero-order chi connectivity index (χ0) is 19.2. The third-order valence-electron chi connectivity index (χ3n) is 4.31. The van der Waals surface area contributed by atoms with Gasteiger partial charge in [0.15, 0.2) is 0 Å². The van der Waals surface area contributed by atoms with Gasteiger partial charge in [0, 0.05) is 6.08 Å². The normalized spacial score (nSPS) is 12.4. The lowest BCUT2D eigenvalue weighted by Crippen LogP contribution is -2.30. The fourth-order valence-corrected chi connectivity index (χ4v) is 2.86. The molecule has 1 unspecified atom stereocenters. The number of hydrogen-bond donors (Lipinski definition) is 1. The Labute approximate surface area is 159 Å². The molecule has 0 aliphatic heterocycles. The molecule has 1 N–H and O–H groups in total. The monoisotopic (exact) mass is 361 g/mol. The minimum Gasteiger partial charge on any atom is -0.497 e. The van der Waals surface area contributed by atoms with Crippen LogP contribution in [0.5, 0.6) is 5.75 Å². The van der Waals surface area contributed by atoms with Gasteiger partial charge in [-0.2, -0.15) is 0 Å². The molecule has 0 fully saturated rings. The molecule has 5 heteroatoms. The fourth-order valence-electron chi connectivity index (χ4n) is 2.86. The van der Waals surface area contributed by atoms with Crippen molar-refractivity contribution in [3.63, 3.8) is 0 Å². The highest BCUT2D eigenvalue weighted by molar-refractivity contribution is 5.92. The van der Waals surface area contributed by atoms with Gasteiger partial charge in [-0.3, -0.25) is 9.78 Å². The van der Waals surface area contributed by atoms with Gasteiger partial charge in [-0.25, -0.2) is 4.98 Å². The Bertz CT molecular complexity index is 949. The van der Waals surface area contributed by atoms with E-state index in [1.54, 1.807) is 19.4 Å². The molecule has 0 spiro atoms. The number of hydrogen-bond acceptors (Lipinski definition) is 4.